The molecule has 0 amide bonds. The number of aromatic carboxylic acids is 2. The van der Waals surface area contributed by atoms with E-state index in [1.54, 1.807) is 12.2 Å². The largest absolute Gasteiger partial charge is 0.484 e. The van der Waals surface area contributed by atoms with E-state index in [1.807, 2.05) is 0 Å². The van der Waals surface area contributed by atoms with Gasteiger partial charge in [0, 0.05) is 0 Å². The van der Waals surface area contributed by atoms with Crippen LogP contribution in [0.5, 0.6) is 11.5 Å². The molecule has 2 N–H and O–H groups in total. The fourth-order valence-corrected chi connectivity index (χ4v) is 2.21. The molecule has 0 bridgehead atoms. The average molecular weight is 256 g/mol. The van der Waals surface area contributed by atoms with E-state index < -0.39 is 11.9 Å². The van der Waals surface area contributed by atoms with Crippen molar-refractivity contribution in [1.82, 2.24) is 0 Å². The first-order valence-corrected chi connectivity index (χ1v) is 5.47. The van der Waals surface area contributed by atoms with Crippen LogP contribution in [-0.2, 0) is 0 Å². The second kappa shape index (κ2) is 4.46. The lowest BCUT2D eigenvalue weighted by molar-refractivity contribution is 0.0686. The molecule has 0 spiro atoms. The third-order valence-corrected chi connectivity index (χ3v) is 3.15. The van der Waals surface area contributed by atoms with Crippen molar-refractivity contribution in [2.75, 3.05) is 13.2 Å². The standard InChI is InChI=1S/C10H8O6S/c11-9(12)7-5-6(8(17-7)10(13)14)16-4-2-1-3-15-5/h1-2H,3-4H2,(H,11,12)(H,13,14)/b2-1-. The lowest BCUT2D eigenvalue weighted by Gasteiger charge is -2.10. The Morgan fingerprint density at radius 3 is 1.76 bits per heavy atom. The second-order valence-corrected chi connectivity index (χ2v) is 4.14. The number of rotatable bonds is 2. The summed E-state index contributed by atoms with van der Waals surface area (Å²) in [6, 6.07) is 0. The molecule has 90 valence electrons. The van der Waals surface area contributed by atoms with Gasteiger partial charge < -0.3 is 19.7 Å². The van der Waals surface area contributed by atoms with E-state index in [-0.39, 0.29) is 34.5 Å². The number of carboxylic acids is 2. The summed E-state index contributed by atoms with van der Waals surface area (Å²) in [5.74, 6) is -2.48. The molecule has 0 unspecified atom stereocenters. The summed E-state index contributed by atoms with van der Waals surface area (Å²) in [4.78, 5) is 21.6. The number of hydrogen-bond acceptors (Lipinski definition) is 5. The topological polar surface area (TPSA) is 93.1 Å². The predicted octanol–water partition coefficient (Wildman–Crippen LogP) is 1.47. The number of thiophene rings is 1. The van der Waals surface area contributed by atoms with E-state index >= 15 is 0 Å². The molecule has 1 aromatic rings. The van der Waals surface area contributed by atoms with Crippen molar-refractivity contribution in [2.24, 2.45) is 0 Å². The van der Waals surface area contributed by atoms with E-state index in [1.165, 1.54) is 0 Å². The van der Waals surface area contributed by atoms with E-state index in [4.69, 9.17) is 19.7 Å². The van der Waals surface area contributed by atoms with Crippen LogP contribution in [0.4, 0.5) is 0 Å². The minimum Gasteiger partial charge on any atom is -0.484 e. The van der Waals surface area contributed by atoms with Gasteiger partial charge in [-0.25, -0.2) is 9.59 Å². The summed E-state index contributed by atoms with van der Waals surface area (Å²) < 4.78 is 10.4. The van der Waals surface area contributed by atoms with Crippen molar-refractivity contribution in [3.05, 3.63) is 21.9 Å². The van der Waals surface area contributed by atoms with Gasteiger partial charge in [-0.05, 0) is 12.2 Å². The summed E-state index contributed by atoms with van der Waals surface area (Å²) in [6.07, 6.45) is 3.35. The molecule has 0 saturated heterocycles. The average Bonchev–Trinajstić information content (AvgIpc) is 2.55. The highest BCUT2D eigenvalue weighted by molar-refractivity contribution is 7.16. The Balaban J connectivity index is 2.55. The molecule has 2 heterocycles. The number of ether oxygens (including phenoxy) is 2. The normalized spacial score (nSPS) is 15.8. The molecule has 0 aliphatic carbocycles. The molecule has 6 nitrogen and oxygen atoms in total. The van der Waals surface area contributed by atoms with Crippen LogP contribution in [-0.4, -0.2) is 35.4 Å². The third-order valence-electron chi connectivity index (χ3n) is 2.03. The lowest BCUT2D eigenvalue weighted by Crippen LogP contribution is -2.06. The highest BCUT2D eigenvalue weighted by atomic mass is 32.1. The number of hydrogen-bond donors (Lipinski definition) is 2. The van der Waals surface area contributed by atoms with Gasteiger partial charge in [0.2, 0.25) is 0 Å². The molecule has 1 aliphatic heterocycles. The number of carbonyl (C=O) groups is 2. The molecule has 2 rings (SSSR count). The fraction of sp³-hybridized carbons (Fsp3) is 0.200. The Morgan fingerprint density at radius 1 is 1.00 bits per heavy atom. The maximum Gasteiger partial charge on any atom is 0.349 e. The summed E-state index contributed by atoms with van der Waals surface area (Å²) in [6.45, 7) is 0.374. The SMILES string of the molecule is O=C(O)c1sc(C(=O)O)c2c1OC/C=C\CO2. The predicted molar refractivity (Wildman–Crippen MR) is 58.4 cm³/mol. The second-order valence-electron chi connectivity index (χ2n) is 3.12. The van der Waals surface area contributed by atoms with Gasteiger partial charge in [-0.2, -0.15) is 0 Å². The van der Waals surface area contributed by atoms with Gasteiger partial charge in [-0.1, -0.05) is 0 Å². The Labute approximate surface area is 99.7 Å². The molecule has 17 heavy (non-hydrogen) atoms. The van der Waals surface area contributed by atoms with Gasteiger partial charge >= 0.3 is 11.9 Å². The smallest absolute Gasteiger partial charge is 0.349 e. The van der Waals surface area contributed by atoms with Crippen molar-refractivity contribution in [1.29, 1.82) is 0 Å². The quantitative estimate of drug-likeness (QED) is 0.778. The van der Waals surface area contributed by atoms with Crippen LogP contribution in [0, 0.1) is 0 Å². The van der Waals surface area contributed by atoms with Crippen molar-refractivity contribution in [2.45, 2.75) is 0 Å². The van der Waals surface area contributed by atoms with Crippen molar-refractivity contribution in [3.63, 3.8) is 0 Å². The molecule has 1 aliphatic rings. The van der Waals surface area contributed by atoms with Crippen molar-refractivity contribution < 1.29 is 29.3 Å². The Morgan fingerprint density at radius 2 is 1.41 bits per heavy atom. The molecular weight excluding hydrogens is 248 g/mol. The molecule has 0 atom stereocenters. The van der Waals surface area contributed by atoms with Crippen LogP contribution >= 0.6 is 11.3 Å². The Kier molecular flexibility index (Phi) is 3.01. The summed E-state index contributed by atoms with van der Waals surface area (Å²) in [7, 11) is 0. The van der Waals surface area contributed by atoms with E-state index in [9.17, 15) is 9.59 Å². The van der Waals surface area contributed by atoms with Crippen LogP contribution in [0.3, 0.4) is 0 Å². The van der Waals surface area contributed by atoms with Crippen LogP contribution in [0.15, 0.2) is 12.2 Å². The number of carboxylic acid groups (broad SMARTS) is 2. The minimum atomic E-state index is -1.23. The minimum absolute atomic E-state index is 0.00995. The highest BCUT2D eigenvalue weighted by Crippen LogP contribution is 2.42. The summed E-state index contributed by atoms with van der Waals surface area (Å²) in [5, 5.41) is 17.9. The van der Waals surface area contributed by atoms with Crippen molar-refractivity contribution >= 4 is 23.3 Å². The Bertz CT molecular complexity index is 459. The monoisotopic (exact) mass is 256 g/mol. The number of fused-ring (bicyclic) bond motifs is 1. The van der Waals surface area contributed by atoms with Gasteiger partial charge in [0.1, 0.15) is 13.2 Å². The molecule has 0 aromatic carbocycles. The lowest BCUT2D eigenvalue weighted by atomic mass is 10.3. The summed E-state index contributed by atoms with van der Waals surface area (Å²) >= 11 is 0.633. The maximum absolute atomic E-state index is 11.0. The first kappa shape index (κ1) is 11.5. The van der Waals surface area contributed by atoms with Gasteiger partial charge in [-0.3, -0.25) is 0 Å². The van der Waals surface area contributed by atoms with Crippen LogP contribution in [0.1, 0.15) is 19.3 Å². The van der Waals surface area contributed by atoms with Crippen LogP contribution < -0.4 is 9.47 Å². The zero-order valence-electron chi connectivity index (χ0n) is 8.50. The Hall–Kier alpha value is -2.02. The van der Waals surface area contributed by atoms with E-state index in [0.29, 0.717) is 11.3 Å². The zero-order valence-corrected chi connectivity index (χ0v) is 9.32. The van der Waals surface area contributed by atoms with Crippen LogP contribution in [0.25, 0.3) is 0 Å². The molecule has 0 fully saturated rings. The first-order chi connectivity index (χ1) is 8.11. The summed E-state index contributed by atoms with van der Waals surface area (Å²) in [5.41, 5.74) is 0. The first-order valence-electron chi connectivity index (χ1n) is 4.65. The molecular formula is C10H8O6S. The maximum atomic E-state index is 11.0. The zero-order chi connectivity index (χ0) is 12.4. The molecule has 0 radical (unpaired) electrons. The fourth-order valence-electron chi connectivity index (χ4n) is 1.34. The third kappa shape index (κ3) is 2.09. The van der Waals surface area contributed by atoms with Gasteiger partial charge in [0.15, 0.2) is 21.3 Å². The van der Waals surface area contributed by atoms with Crippen molar-refractivity contribution in [3.8, 4) is 11.5 Å². The van der Waals surface area contributed by atoms with Gasteiger partial charge in [0.05, 0.1) is 0 Å². The highest BCUT2D eigenvalue weighted by Gasteiger charge is 2.29. The van der Waals surface area contributed by atoms with E-state index in [2.05, 4.69) is 0 Å². The molecule has 1 aromatic heterocycles. The van der Waals surface area contributed by atoms with Gasteiger partial charge in [-0.15, -0.1) is 11.3 Å². The van der Waals surface area contributed by atoms with E-state index in [0.717, 1.165) is 0 Å². The molecule has 7 heteroatoms. The van der Waals surface area contributed by atoms with Gasteiger partial charge in [0.25, 0.3) is 0 Å². The molecule has 0 saturated carbocycles. The van der Waals surface area contributed by atoms with Crippen LogP contribution in [0.2, 0.25) is 0 Å².